The van der Waals surface area contributed by atoms with E-state index in [1.54, 1.807) is 12.7 Å². The van der Waals surface area contributed by atoms with E-state index >= 15 is 0 Å². The maximum Gasteiger partial charge on any atom is 0.137 e. The summed E-state index contributed by atoms with van der Waals surface area (Å²) in [6.45, 7) is 1.87. The molecule has 0 radical (unpaired) electrons. The Morgan fingerprint density at radius 3 is 2.86 bits per heavy atom. The molecular weight excluding hydrogens is 260 g/mol. The minimum Gasteiger partial charge on any atom is -0.308 e. The predicted octanol–water partition coefficient (Wildman–Crippen LogP) is 2.97. The largest absolute Gasteiger partial charge is 0.308 e. The molecule has 21 heavy (non-hydrogen) atoms. The van der Waals surface area contributed by atoms with Gasteiger partial charge < -0.3 is 5.32 Å². The van der Waals surface area contributed by atoms with E-state index in [-0.39, 0.29) is 6.04 Å². The maximum absolute atomic E-state index is 4.23. The Morgan fingerprint density at radius 1 is 1.24 bits per heavy atom. The molecule has 1 N–H and O–H groups in total. The van der Waals surface area contributed by atoms with Gasteiger partial charge in [0, 0.05) is 0 Å². The van der Waals surface area contributed by atoms with Gasteiger partial charge in [0.2, 0.25) is 0 Å². The van der Waals surface area contributed by atoms with Crippen molar-refractivity contribution in [1.82, 2.24) is 20.1 Å². The number of benzene rings is 1. The summed E-state index contributed by atoms with van der Waals surface area (Å²) in [5.74, 6) is 0.747. The molecule has 1 aliphatic rings. The van der Waals surface area contributed by atoms with E-state index in [1.165, 1.54) is 24.8 Å². The number of rotatable bonds is 6. The first-order valence-corrected chi connectivity index (χ1v) is 7.67. The normalized spacial score (nSPS) is 19.5. The van der Waals surface area contributed by atoms with Crippen LogP contribution in [0.3, 0.4) is 0 Å². The standard InChI is InChI=1S/C17H22N4/c1-3-7-15(8-4-1)11-19-17(12-21-14-18-13-20-21)16-9-5-2-6-10-16/h1-3,5-6,9-10,13-15,17,19H,4,7-8,11-12H2/t15-,17-/m0/s1. The van der Waals surface area contributed by atoms with Crippen molar-refractivity contribution in [2.24, 2.45) is 5.92 Å². The molecule has 0 saturated carbocycles. The van der Waals surface area contributed by atoms with Gasteiger partial charge in [0.1, 0.15) is 12.7 Å². The second-order valence-corrected chi connectivity index (χ2v) is 5.64. The van der Waals surface area contributed by atoms with Gasteiger partial charge in [0.25, 0.3) is 0 Å². The van der Waals surface area contributed by atoms with E-state index < -0.39 is 0 Å². The number of allylic oxidation sites excluding steroid dienone is 2. The highest BCUT2D eigenvalue weighted by Crippen LogP contribution is 2.20. The van der Waals surface area contributed by atoms with Gasteiger partial charge in [-0.2, -0.15) is 5.10 Å². The van der Waals surface area contributed by atoms with Crippen molar-refractivity contribution in [3.8, 4) is 0 Å². The third-order valence-electron chi connectivity index (χ3n) is 4.07. The van der Waals surface area contributed by atoms with Gasteiger partial charge in [-0.15, -0.1) is 0 Å². The minimum atomic E-state index is 0.277. The average Bonchev–Trinajstić information content (AvgIpc) is 3.06. The van der Waals surface area contributed by atoms with Crippen LogP contribution in [0.1, 0.15) is 30.9 Å². The lowest BCUT2D eigenvalue weighted by molar-refractivity contribution is 0.373. The summed E-state index contributed by atoms with van der Waals surface area (Å²) in [6, 6.07) is 10.9. The summed E-state index contributed by atoms with van der Waals surface area (Å²) in [7, 11) is 0. The lowest BCUT2D eigenvalue weighted by Gasteiger charge is -2.24. The number of nitrogens with one attached hydrogen (secondary N) is 1. The number of hydrogen-bond acceptors (Lipinski definition) is 3. The van der Waals surface area contributed by atoms with E-state index in [0.29, 0.717) is 0 Å². The molecule has 110 valence electrons. The molecule has 0 fully saturated rings. The Kier molecular flexibility index (Phi) is 4.79. The second kappa shape index (κ2) is 7.18. The van der Waals surface area contributed by atoms with E-state index in [1.807, 2.05) is 4.68 Å². The zero-order chi connectivity index (χ0) is 14.3. The first-order valence-electron chi connectivity index (χ1n) is 7.67. The van der Waals surface area contributed by atoms with Gasteiger partial charge in [-0.3, -0.25) is 4.68 Å². The van der Waals surface area contributed by atoms with Crippen LogP contribution in [0.4, 0.5) is 0 Å². The lowest BCUT2D eigenvalue weighted by Crippen LogP contribution is -2.30. The Balaban J connectivity index is 1.65. The van der Waals surface area contributed by atoms with Crippen molar-refractivity contribution < 1.29 is 0 Å². The third kappa shape index (κ3) is 4.02. The third-order valence-corrected chi connectivity index (χ3v) is 4.07. The summed E-state index contributed by atoms with van der Waals surface area (Å²) in [5.41, 5.74) is 1.30. The SMILES string of the molecule is C1=CC[C@H](CN[C@@H](Cn2cncn2)c2ccccc2)CC1. The second-order valence-electron chi connectivity index (χ2n) is 5.64. The molecule has 3 rings (SSSR count). The predicted molar refractivity (Wildman–Crippen MR) is 83.7 cm³/mol. The van der Waals surface area contributed by atoms with Gasteiger partial charge in [0.05, 0.1) is 12.6 Å². The van der Waals surface area contributed by atoms with Gasteiger partial charge in [0.15, 0.2) is 0 Å². The summed E-state index contributed by atoms with van der Waals surface area (Å²) in [6.07, 6.45) is 11.7. The minimum absolute atomic E-state index is 0.277. The molecule has 0 spiro atoms. The monoisotopic (exact) mass is 282 g/mol. The van der Waals surface area contributed by atoms with E-state index in [9.17, 15) is 0 Å². The Bertz CT molecular complexity index is 547. The van der Waals surface area contributed by atoms with Crippen LogP contribution in [0.15, 0.2) is 55.1 Å². The zero-order valence-corrected chi connectivity index (χ0v) is 12.2. The Hall–Kier alpha value is -1.94. The molecule has 1 aromatic heterocycles. The van der Waals surface area contributed by atoms with Crippen molar-refractivity contribution in [3.05, 3.63) is 60.7 Å². The zero-order valence-electron chi connectivity index (χ0n) is 12.2. The molecule has 4 nitrogen and oxygen atoms in total. The molecule has 2 atom stereocenters. The Labute approximate surface area is 125 Å². The van der Waals surface area contributed by atoms with Crippen LogP contribution in [0.25, 0.3) is 0 Å². The van der Waals surface area contributed by atoms with Crippen molar-refractivity contribution in [3.63, 3.8) is 0 Å². The molecule has 0 bridgehead atoms. The van der Waals surface area contributed by atoms with Crippen molar-refractivity contribution >= 4 is 0 Å². The fourth-order valence-electron chi connectivity index (χ4n) is 2.84. The summed E-state index contributed by atoms with van der Waals surface area (Å²) < 4.78 is 1.89. The van der Waals surface area contributed by atoms with Crippen LogP contribution in [0, 0.1) is 5.92 Å². The van der Waals surface area contributed by atoms with Gasteiger partial charge in [-0.1, -0.05) is 42.5 Å². The fourth-order valence-corrected chi connectivity index (χ4v) is 2.84. The van der Waals surface area contributed by atoms with E-state index in [2.05, 4.69) is 57.9 Å². The molecule has 4 heteroatoms. The molecule has 0 amide bonds. The van der Waals surface area contributed by atoms with Crippen LogP contribution >= 0.6 is 0 Å². The highest BCUT2D eigenvalue weighted by molar-refractivity contribution is 5.18. The van der Waals surface area contributed by atoms with Crippen molar-refractivity contribution in [2.45, 2.75) is 31.8 Å². The lowest BCUT2D eigenvalue weighted by atomic mass is 9.94. The first kappa shape index (κ1) is 14.0. The summed E-state index contributed by atoms with van der Waals surface area (Å²) in [4.78, 5) is 4.03. The number of nitrogens with zero attached hydrogens (tertiary/aromatic N) is 3. The highest BCUT2D eigenvalue weighted by atomic mass is 15.3. The fraction of sp³-hybridized carbons (Fsp3) is 0.412. The molecular formula is C17H22N4. The molecule has 2 aromatic rings. The van der Waals surface area contributed by atoms with Crippen LogP contribution in [-0.2, 0) is 6.54 Å². The molecule has 1 heterocycles. The van der Waals surface area contributed by atoms with Gasteiger partial charge >= 0.3 is 0 Å². The molecule has 1 aliphatic carbocycles. The van der Waals surface area contributed by atoms with Gasteiger partial charge in [-0.05, 0) is 37.3 Å². The van der Waals surface area contributed by atoms with Crippen LogP contribution in [0.2, 0.25) is 0 Å². The summed E-state index contributed by atoms with van der Waals surface area (Å²) >= 11 is 0. The van der Waals surface area contributed by atoms with Crippen molar-refractivity contribution in [1.29, 1.82) is 0 Å². The maximum atomic E-state index is 4.23. The molecule has 0 aliphatic heterocycles. The topological polar surface area (TPSA) is 42.7 Å². The Morgan fingerprint density at radius 2 is 2.14 bits per heavy atom. The van der Waals surface area contributed by atoms with Crippen LogP contribution in [0.5, 0.6) is 0 Å². The highest BCUT2D eigenvalue weighted by Gasteiger charge is 2.15. The average molecular weight is 282 g/mol. The molecule has 0 saturated heterocycles. The van der Waals surface area contributed by atoms with Crippen molar-refractivity contribution in [2.75, 3.05) is 6.54 Å². The quantitative estimate of drug-likeness (QED) is 0.828. The molecule has 1 aromatic carbocycles. The smallest absolute Gasteiger partial charge is 0.137 e. The summed E-state index contributed by atoms with van der Waals surface area (Å²) in [5, 5.41) is 7.95. The number of aromatic nitrogens is 3. The molecule has 0 unspecified atom stereocenters. The van der Waals surface area contributed by atoms with Crippen LogP contribution in [-0.4, -0.2) is 21.3 Å². The van der Waals surface area contributed by atoms with E-state index in [0.717, 1.165) is 19.0 Å². The first-order chi connectivity index (χ1) is 10.4. The van der Waals surface area contributed by atoms with Gasteiger partial charge in [-0.25, -0.2) is 4.98 Å². The number of hydrogen-bond donors (Lipinski definition) is 1. The van der Waals surface area contributed by atoms with E-state index in [4.69, 9.17) is 0 Å². The van der Waals surface area contributed by atoms with Crippen LogP contribution < -0.4 is 5.32 Å².